The summed E-state index contributed by atoms with van der Waals surface area (Å²) in [5.74, 6) is -1.01. The third-order valence-electron chi connectivity index (χ3n) is 3.84. The van der Waals surface area contributed by atoms with E-state index in [-0.39, 0.29) is 23.4 Å². The van der Waals surface area contributed by atoms with Crippen molar-refractivity contribution in [2.24, 2.45) is 0 Å². The molecule has 0 aliphatic carbocycles. The second-order valence-corrected chi connectivity index (χ2v) is 6.59. The average Bonchev–Trinajstić information content (AvgIpc) is 2.81. The van der Waals surface area contributed by atoms with Gasteiger partial charge in [0.2, 0.25) is 0 Å². The molecule has 0 aliphatic heterocycles. The predicted octanol–water partition coefficient (Wildman–Crippen LogP) is 4.01. The van der Waals surface area contributed by atoms with Gasteiger partial charge in [-0.2, -0.15) is 0 Å². The lowest BCUT2D eigenvalue weighted by molar-refractivity contribution is -0.385. The molecule has 1 N–H and O–H groups in total. The van der Waals surface area contributed by atoms with Gasteiger partial charge < -0.3 is 10.1 Å². The highest BCUT2D eigenvalue weighted by molar-refractivity contribution is 7.16. The van der Waals surface area contributed by atoms with Crippen LogP contribution in [-0.2, 0) is 4.74 Å². The van der Waals surface area contributed by atoms with Gasteiger partial charge in [0.15, 0.2) is 0 Å². The summed E-state index contributed by atoms with van der Waals surface area (Å²) in [6, 6.07) is 4.31. The Morgan fingerprint density at radius 2 is 1.92 bits per heavy atom. The van der Waals surface area contributed by atoms with E-state index in [4.69, 9.17) is 4.74 Å². The third kappa shape index (κ3) is 3.69. The molecule has 2 aromatic rings. The van der Waals surface area contributed by atoms with Crippen molar-refractivity contribution in [3.8, 4) is 0 Å². The average molecular weight is 362 g/mol. The molecule has 132 valence electrons. The number of ether oxygens (including phenoxy) is 1. The molecular formula is C17H18N2O5S. The van der Waals surface area contributed by atoms with Gasteiger partial charge in [-0.3, -0.25) is 14.9 Å². The molecule has 7 nitrogen and oxygen atoms in total. The van der Waals surface area contributed by atoms with Gasteiger partial charge in [-0.05, 0) is 39.3 Å². The summed E-state index contributed by atoms with van der Waals surface area (Å²) in [5, 5.41) is 14.1. The number of aryl methyl sites for hydroxylation is 1. The van der Waals surface area contributed by atoms with Gasteiger partial charge in [-0.25, -0.2) is 4.79 Å². The Balaban J connectivity index is 2.40. The van der Waals surface area contributed by atoms with E-state index < -0.39 is 16.8 Å². The first kappa shape index (κ1) is 18.6. The largest absolute Gasteiger partial charge is 0.462 e. The van der Waals surface area contributed by atoms with E-state index in [1.807, 2.05) is 6.92 Å². The van der Waals surface area contributed by atoms with E-state index >= 15 is 0 Å². The number of carbonyl (C=O) groups is 2. The molecule has 0 spiro atoms. The lowest BCUT2D eigenvalue weighted by atomic mass is 10.1. The van der Waals surface area contributed by atoms with Gasteiger partial charge in [0.1, 0.15) is 5.00 Å². The maximum Gasteiger partial charge on any atom is 0.341 e. The molecule has 2 rings (SSSR count). The van der Waals surface area contributed by atoms with E-state index in [1.54, 1.807) is 13.8 Å². The molecule has 1 aromatic heterocycles. The van der Waals surface area contributed by atoms with Gasteiger partial charge >= 0.3 is 5.97 Å². The molecule has 25 heavy (non-hydrogen) atoms. The van der Waals surface area contributed by atoms with E-state index in [1.165, 1.54) is 36.5 Å². The smallest absolute Gasteiger partial charge is 0.341 e. The van der Waals surface area contributed by atoms with Crippen molar-refractivity contribution in [1.82, 2.24) is 0 Å². The van der Waals surface area contributed by atoms with Crippen molar-refractivity contribution in [2.45, 2.75) is 27.7 Å². The fraction of sp³-hybridized carbons (Fsp3) is 0.294. The van der Waals surface area contributed by atoms with Crippen LogP contribution in [0.4, 0.5) is 10.7 Å². The summed E-state index contributed by atoms with van der Waals surface area (Å²) in [6.07, 6.45) is 0. The molecule has 0 aliphatic rings. The first-order valence-electron chi connectivity index (χ1n) is 7.60. The van der Waals surface area contributed by atoms with Crippen LogP contribution in [-0.4, -0.2) is 23.4 Å². The number of nitro benzene ring substituents is 1. The van der Waals surface area contributed by atoms with Crippen molar-refractivity contribution < 1.29 is 19.2 Å². The first-order valence-corrected chi connectivity index (χ1v) is 8.42. The maximum absolute atomic E-state index is 12.6. The number of carbonyl (C=O) groups excluding carboxylic acids is 2. The second-order valence-electron chi connectivity index (χ2n) is 5.37. The van der Waals surface area contributed by atoms with E-state index in [9.17, 15) is 19.7 Å². The SMILES string of the molecule is CCOC(=O)c1c(NC(=O)c2cccc([N+](=O)[O-])c2C)sc(C)c1C. The molecule has 0 saturated heterocycles. The molecule has 0 fully saturated rings. The number of nitro groups is 1. The van der Waals surface area contributed by atoms with Gasteiger partial charge in [-0.15, -0.1) is 11.3 Å². The standard InChI is InChI=1S/C17H18N2O5S/c1-5-24-17(21)14-9(2)11(4)25-16(14)18-15(20)12-7-6-8-13(10(12)3)19(22)23/h6-8H,5H2,1-4H3,(H,18,20). The number of nitrogens with one attached hydrogen (secondary N) is 1. The van der Waals surface area contributed by atoms with Gasteiger partial charge in [-0.1, -0.05) is 6.07 Å². The number of hydrogen-bond acceptors (Lipinski definition) is 6. The van der Waals surface area contributed by atoms with Crippen LogP contribution in [0, 0.1) is 30.9 Å². The van der Waals surface area contributed by atoms with Crippen LogP contribution in [0.15, 0.2) is 18.2 Å². The highest BCUT2D eigenvalue weighted by Crippen LogP contribution is 2.33. The first-order chi connectivity index (χ1) is 11.8. The van der Waals surface area contributed by atoms with Crippen molar-refractivity contribution >= 4 is 33.9 Å². The Labute approximate surface area is 148 Å². The van der Waals surface area contributed by atoms with Crippen LogP contribution in [0.1, 0.15) is 43.6 Å². The number of esters is 1. The fourth-order valence-corrected chi connectivity index (χ4v) is 3.45. The number of hydrogen-bond donors (Lipinski definition) is 1. The number of benzene rings is 1. The third-order valence-corrected chi connectivity index (χ3v) is 4.96. The Bertz CT molecular complexity index is 857. The highest BCUT2D eigenvalue weighted by atomic mass is 32.1. The fourth-order valence-electron chi connectivity index (χ4n) is 2.40. The van der Waals surface area contributed by atoms with Gasteiger partial charge in [0, 0.05) is 22.1 Å². The van der Waals surface area contributed by atoms with Crippen LogP contribution in [0.2, 0.25) is 0 Å². The van der Waals surface area contributed by atoms with Crippen LogP contribution in [0.3, 0.4) is 0 Å². The second kappa shape index (κ2) is 7.43. The van der Waals surface area contributed by atoms with E-state index in [0.29, 0.717) is 10.6 Å². The Hall–Kier alpha value is -2.74. The van der Waals surface area contributed by atoms with Crippen LogP contribution in [0.5, 0.6) is 0 Å². The quantitative estimate of drug-likeness (QED) is 0.492. The van der Waals surface area contributed by atoms with E-state index in [0.717, 1.165) is 10.4 Å². The zero-order valence-electron chi connectivity index (χ0n) is 14.3. The molecule has 0 unspecified atom stereocenters. The minimum Gasteiger partial charge on any atom is -0.462 e. The molecule has 1 amide bonds. The summed E-state index contributed by atoms with van der Waals surface area (Å²) in [6.45, 7) is 7.08. The molecule has 0 bridgehead atoms. The lowest BCUT2D eigenvalue weighted by Crippen LogP contribution is -2.16. The molecule has 1 heterocycles. The van der Waals surface area contributed by atoms with Gasteiger partial charge in [0.25, 0.3) is 11.6 Å². The van der Waals surface area contributed by atoms with Crippen LogP contribution < -0.4 is 5.32 Å². The summed E-state index contributed by atoms with van der Waals surface area (Å²) in [4.78, 5) is 36.1. The Kier molecular flexibility index (Phi) is 5.53. The van der Waals surface area contributed by atoms with Crippen molar-refractivity contribution in [2.75, 3.05) is 11.9 Å². The van der Waals surface area contributed by atoms with Crippen molar-refractivity contribution in [1.29, 1.82) is 0 Å². The number of anilines is 1. The summed E-state index contributed by atoms with van der Waals surface area (Å²) in [7, 11) is 0. The zero-order chi connectivity index (χ0) is 18.7. The normalized spacial score (nSPS) is 10.4. The van der Waals surface area contributed by atoms with Crippen molar-refractivity contribution in [3.05, 3.63) is 55.4 Å². The predicted molar refractivity (Wildman–Crippen MR) is 95.5 cm³/mol. The maximum atomic E-state index is 12.6. The zero-order valence-corrected chi connectivity index (χ0v) is 15.2. The van der Waals surface area contributed by atoms with Crippen LogP contribution >= 0.6 is 11.3 Å². The monoisotopic (exact) mass is 362 g/mol. The number of nitrogens with zero attached hydrogens (tertiary/aromatic N) is 1. The van der Waals surface area contributed by atoms with Crippen molar-refractivity contribution in [3.63, 3.8) is 0 Å². The summed E-state index contributed by atoms with van der Waals surface area (Å²) < 4.78 is 5.05. The highest BCUT2D eigenvalue weighted by Gasteiger charge is 2.24. The molecule has 0 atom stereocenters. The number of amides is 1. The molecule has 0 saturated carbocycles. The topological polar surface area (TPSA) is 98.5 Å². The molecule has 0 radical (unpaired) electrons. The molecule has 8 heteroatoms. The minimum atomic E-state index is -0.532. The van der Waals surface area contributed by atoms with Gasteiger partial charge in [0.05, 0.1) is 17.1 Å². The summed E-state index contributed by atoms with van der Waals surface area (Å²) >= 11 is 1.27. The van der Waals surface area contributed by atoms with E-state index in [2.05, 4.69) is 5.32 Å². The Morgan fingerprint density at radius 3 is 2.52 bits per heavy atom. The Morgan fingerprint density at radius 1 is 1.24 bits per heavy atom. The molecule has 1 aromatic carbocycles. The van der Waals surface area contributed by atoms with Crippen LogP contribution in [0.25, 0.3) is 0 Å². The summed E-state index contributed by atoms with van der Waals surface area (Å²) in [5.41, 5.74) is 1.40. The number of rotatable bonds is 5. The number of thiophene rings is 1. The minimum absolute atomic E-state index is 0.128. The molecular weight excluding hydrogens is 344 g/mol. The lowest BCUT2D eigenvalue weighted by Gasteiger charge is -2.09.